The largest absolute Gasteiger partial charge is 0.484 e. The van der Waals surface area contributed by atoms with Crippen LogP contribution in [-0.2, 0) is 20.9 Å². The van der Waals surface area contributed by atoms with E-state index in [0.717, 1.165) is 5.56 Å². The van der Waals surface area contributed by atoms with Crippen molar-refractivity contribution >= 4 is 11.8 Å². The van der Waals surface area contributed by atoms with E-state index in [4.69, 9.17) is 9.47 Å². The van der Waals surface area contributed by atoms with E-state index in [2.05, 4.69) is 18.8 Å². The summed E-state index contributed by atoms with van der Waals surface area (Å²) in [6.07, 6.45) is 3.19. The van der Waals surface area contributed by atoms with Crippen molar-refractivity contribution in [3.05, 3.63) is 60.4 Å². The first-order chi connectivity index (χ1) is 14.5. The summed E-state index contributed by atoms with van der Waals surface area (Å²) in [6.45, 7) is 5.88. The molecule has 0 radical (unpaired) electrons. The Hall–Kier alpha value is -2.93. The molecule has 2 aromatic rings. The summed E-state index contributed by atoms with van der Waals surface area (Å²) in [7, 11) is 0. The fourth-order valence-electron chi connectivity index (χ4n) is 3.34. The van der Waals surface area contributed by atoms with Crippen LogP contribution in [0.15, 0.2) is 54.9 Å². The highest BCUT2D eigenvalue weighted by atomic mass is 16.5. The molecular weight excluding hydrogens is 382 g/mol. The zero-order chi connectivity index (χ0) is 21.3. The second-order valence-corrected chi connectivity index (χ2v) is 7.86. The van der Waals surface area contributed by atoms with E-state index in [0.29, 0.717) is 37.9 Å². The van der Waals surface area contributed by atoms with Gasteiger partial charge in [0.2, 0.25) is 5.91 Å². The van der Waals surface area contributed by atoms with Crippen LogP contribution >= 0.6 is 0 Å². The molecule has 1 aliphatic heterocycles. The number of ether oxygens (including phenoxy) is 2. The summed E-state index contributed by atoms with van der Waals surface area (Å²) in [6, 6.07) is 13.0. The molecule has 0 unspecified atom stereocenters. The molecule has 1 aliphatic rings. The molecule has 0 N–H and O–H groups in total. The topological polar surface area (TPSA) is 72.0 Å². The third kappa shape index (κ3) is 6.56. The Balaban J connectivity index is 1.65. The second kappa shape index (κ2) is 10.7. The number of para-hydroxylation sites is 1. The lowest BCUT2D eigenvalue weighted by Crippen LogP contribution is -2.42. The maximum atomic E-state index is 12.8. The highest BCUT2D eigenvalue weighted by Gasteiger charge is 2.31. The average molecular weight is 412 g/mol. The van der Waals surface area contributed by atoms with Crippen LogP contribution in [0.25, 0.3) is 0 Å². The minimum Gasteiger partial charge on any atom is -0.484 e. The maximum Gasteiger partial charge on any atom is 0.261 e. The summed E-state index contributed by atoms with van der Waals surface area (Å²) >= 11 is 0. The quantitative estimate of drug-likeness (QED) is 0.667. The first-order valence-electron chi connectivity index (χ1n) is 10.2. The standard InChI is InChI=1S/C23H29N3O4/c1-18(2)12-25-13-21(29-16-19-7-6-10-24-11-19)14-26(15-22(25)27)23(28)17-30-20-8-4-3-5-9-20/h3-11,18,21H,12-17H2,1-2H3/t21-/m0/s1. The van der Waals surface area contributed by atoms with E-state index < -0.39 is 0 Å². The molecule has 2 amide bonds. The highest BCUT2D eigenvalue weighted by Crippen LogP contribution is 2.14. The predicted molar refractivity (Wildman–Crippen MR) is 113 cm³/mol. The molecular formula is C23H29N3O4. The minimum absolute atomic E-state index is 0.0382. The lowest BCUT2D eigenvalue weighted by atomic mass is 10.2. The zero-order valence-corrected chi connectivity index (χ0v) is 17.6. The summed E-state index contributed by atoms with van der Waals surface area (Å²) in [4.78, 5) is 33.0. The van der Waals surface area contributed by atoms with Gasteiger partial charge in [-0.05, 0) is 29.7 Å². The lowest BCUT2D eigenvalue weighted by Gasteiger charge is -2.26. The lowest BCUT2D eigenvalue weighted by molar-refractivity contribution is -0.140. The van der Waals surface area contributed by atoms with Gasteiger partial charge in [-0.3, -0.25) is 14.6 Å². The van der Waals surface area contributed by atoms with Crippen LogP contribution in [0.1, 0.15) is 19.4 Å². The molecule has 160 valence electrons. The Morgan fingerprint density at radius 1 is 1.17 bits per heavy atom. The Bertz CT molecular complexity index is 814. The van der Waals surface area contributed by atoms with Crippen LogP contribution in [0.2, 0.25) is 0 Å². The number of pyridine rings is 1. The first-order valence-corrected chi connectivity index (χ1v) is 10.2. The van der Waals surface area contributed by atoms with Crippen LogP contribution in [-0.4, -0.2) is 65.5 Å². The summed E-state index contributed by atoms with van der Waals surface area (Å²) < 4.78 is 11.7. The molecule has 0 saturated carbocycles. The third-order valence-electron chi connectivity index (χ3n) is 4.78. The van der Waals surface area contributed by atoms with E-state index >= 15 is 0 Å². The Kier molecular flexibility index (Phi) is 7.79. The molecule has 1 fully saturated rings. The highest BCUT2D eigenvalue weighted by molar-refractivity contribution is 5.86. The van der Waals surface area contributed by atoms with Crippen molar-refractivity contribution < 1.29 is 19.1 Å². The zero-order valence-electron chi connectivity index (χ0n) is 17.6. The monoisotopic (exact) mass is 411 g/mol. The number of nitrogens with zero attached hydrogens (tertiary/aromatic N) is 3. The normalized spacial score (nSPS) is 17.2. The fraction of sp³-hybridized carbons (Fsp3) is 0.435. The molecule has 7 nitrogen and oxygen atoms in total. The van der Waals surface area contributed by atoms with E-state index in [9.17, 15) is 9.59 Å². The molecule has 2 heterocycles. The third-order valence-corrected chi connectivity index (χ3v) is 4.78. The van der Waals surface area contributed by atoms with Gasteiger partial charge in [0.05, 0.1) is 19.3 Å². The predicted octanol–water partition coefficient (Wildman–Crippen LogP) is 2.37. The summed E-state index contributed by atoms with van der Waals surface area (Å²) in [5, 5.41) is 0. The van der Waals surface area contributed by atoms with Crippen LogP contribution in [0.3, 0.4) is 0 Å². The molecule has 1 saturated heterocycles. The van der Waals surface area contributed by atoms with E-state index in [1.54, 1.807) is 34.3 Å². The first kappa shape index (κ1) is 21.8. The number of carbonyl (C=O) groups excluding carboxylic acids is 2. The Morgan fingerprint density at radius 3 is 2.67 bits per heavy atom. The molecule has 0 aliphatic carbocycles. The summed E-state index contributed by atoms with van der Waals surface area (Å²) in [5.41, 5.74) is 0.953. The Labute approximate surface area is 177 Å². The van der Waals surface area contributed by atoms with Gasteiger partial charge < -0.3 is 19.3 Å². The molecule has 0 spiro atoms. The number of hydrogen-bond donors (Lipinski definition) is 0. The van der Waals surface area contributed by atoms with Gasteiger partial charge in [-0.15, -0.1) is 0 Å². The van der Waals surface area contributed by atoms with Crippen LogP contribution in [0.4, 0.5) is 0 Å². The van der Waals surface area contributed by atoms with Gasteiger partial charge in [0.1, 0.15) is 5.75 Å². The summed E-state index contributed by atoms with van der Waals surface area (Å²) in [5.74, 6) is 0.659. The van der Waals surface area contributed by atoms with E-state index in [-0.39, 0.29) is 31.1 Å². The maximum absolute atomic E-state index is 12.8. The number of rotatable bonds is 8. The van der Waals surface area contributed by atoms with Crippen molar-refractivity contribution in [3.63, 3.8) is 0 Å². The van der Waals surface area contributed by atoms with E-state index in [1.165, 1.54) is 0 Å². The van der Waals surface area contributed by atoms with Crippen molar-refractivity contribution in [3.8, 4) is 5.75 Å². The SMILES string of the molecule is CC(C)CN1C[C@H](OCc2cccnc2)CN(C(=O)COc2ccccc2)CC1=O. The fourth-order valence-corrected chi connectivity index (χ4v) is 3.34. The van der Waals surface area contributed by atoms with Crippen molar-refractivity contribution in [2.45, 2.75) is 26.6 Å². The van der Waals surface area contributed by atoms with Crippen molar-refractivity contribution in [1.29, 1.82) is 0 Å². The second-order valence-electron chi connectivity index (χ2n) is 7.86. The van der Waals surface area contributed by atoms with Crippen molar-refractivity contribution in [1.82, 2.24) is 14.8 Å². The van der Waals surface area contributed by atoms with Gasteiger partial charge in [0.15, 0.2) is 6.61 Å². The molecule has 0 bridgehead atoms. The number of amides is 2. The van der Waals surface area contributed by atoms with Crippen molar-refractivity contribution in [2.75, 3.05) is 32.8 Å². The number of hydrogen-bond acceptors (Lipinski definition) is 5. The van der Waals surface area contributed by atoms with Gasteiger partial charge in [0, 0.05) is 32.0 Å². The Morgan fingerprint density at radius 2 is 1.97 bits per heavy atom. The van der Waals surface area contributed by atoms with Crippen LogP contribution in [0, 0.1) is 5.92 Å². The number of benzene rings is 1. The van der Waals surface area contributed by atoms with E-state index in [1.807, 2.05) is 30.3 Å². The van der Waals surface area contributed by atoms with Gasteiger partial charge in [-0.1, -0.05) is 38.1 Å². The molecule has 1 aromatic heterocycles. The molecule has 3 rings (SSSR count). The van der Waals surface area contributed by atoms with Crippen molar-refractivity contribution in [2.24, 2.45) is 5.92 Å². The number of carbonyl (C=O) groups is 2. The molecule has 1 atom stereocenters. The number of aromatic nitrogens is 1. The van der Waals surface area contributed by atoms with Gasteiger partial charge in [0.25, 0.3) is 5.91 Å². The molecule has 1 aromatic carbocycles. The van der Waals surface area contributed by atoms with Gasteiger partial charge >= 0.3 is 0 Å². The van der Waals surface area contributed by atoms with Crippen LogP contribution < -0.4 is 4.74 Å². The molecule has 7 heteroatoms. The average Bonchev–Trinajstić information content (AvgIpc) is 2.90. The van der Waals surface area contributed by atoms with Gasteiger partial charge in [-0.25, -0.2) is 0 Å². The molecule has 30 heavy (non-hydrogen) atoms. The van der Waals surface area contributed by atoms with Crippen LogP contribution in [0.5, 0.6) is 5.75 Å². The minimum atomic E-state index is -0.281. The smallest absolute Gasteiger partial charge is 0.261 e. The van der Waals surface area contributed by atoms with Gasteiger partial charge in [-0.2, -0.15) is 0 Å².